The Kier molecular flexibility index (Phi) is 6.15. The van der Waals surface area contributed by atoms with Crippen molar-refractivity contribution in [3.8, 4) is 21.9 Å². The predicted octanol–water partition coefficient (Wildman–Crippen LogP) is 6.00. The molecule has 0 amide bonds. The lowest BCUT2D eigenvalue weighted by atomic mass is 9.70. The summed E-state index contributed by atoms with van der Waals surface area (Å²) in [7, 11) is 0. The van der Waals surface area contributed by atoms with Crippen LogP contribution in [-0.4, -0.2) is 38.8 Å². The first kappa shape index (κ1) is 28.3. The van der Waals surface area contributed by atoms with Gasteiger partial charge in [-0.1, -0.05) is 23.5 Å². The molecule has 2 saturated carbocycles. The Balaban J connectivity index is 1.22. The van der Waals surface area contributed by atoms with Gasteiger partial charge in [-0.15, -0.1) is 11.3 Å². The van der Waals surface area contributed by atoms with Crippen molar-refractivity contribution in [2.75, 3.05) is 0 Å². The van der Waals surface area contributed by atoms with E-state index in [9.17, 15) is 29.7 Å². The quantitative estimate of drug-likeness (QED) is 0.190. The maximum absolute atomic E-state index is 13.2. The maximum Gasteiger partial charge on any atom is 0.210 e. The van der Waals surface area contributed by atoms with Gasteiger partial charge in [-0.05, 0) is 32.8 Å². The third kappa shape index (κ3) is 3.92. The van der Waals surface area contributed by atoms with Crippen LogP contribution in [0.25, 0.3) is 25.5 Å². The predicted molar refractivity (Wildman–Crippen MR) is 162 cm³/mol. The zero-order chi connectivity index (χ0) is 31.9. The Morgan fingerprint density at radius 3 is 1.91 bits per heavy atom. The number of hydrogen-bond acceptors (Lipinski definition) is 11. The first-order valence-electron chi connectivity index (χ1n) is 13.8. The Morgan fingerprint density at radius 1 is 0.889 bits per heavy atom. The number of benzene rings is 1. The topological polar surface area (TPSA) is 163 Å². The highest BCUT2D eigenvalue weighted by Crippen LogP contribution is 2.55. The van der Waals surface area contributed by atoms with E-state index in [2.05, 4.69) is 31.8 Å². The third-order valence-electron chi connectivity index (χ3n) is 8.92. The summed E-state index contributed by atoms with van der Waals surface area (Å²) in [6.07, 6.45) is 1.75. The van der Waals surface area contributed by atoms with E-state index in [-0.39, 0.29) is 51.8 Å². The Hall–Kier alpha value is -5.47. The van der Waals surface area contributed by atoms with E-state index in [4.69, 9.17) is 18.1 Å². The molecular formula is C32H17N7O4S2. The van der Waals surface area contributed by atoms with Crippen molar-refractivity contribution < 1.29 is 19.2 Å². The van der Waals surface area contributed by atoms with E-state index < -0.39 is 52.2 Å². The highest BCUT2D eigenvalue weighted by Gasteiger charge is 2.53. The van der Waals surface area contributed by atoms with Crippen LogP contribution in [0.15, 0.2) is 22.7 Å². The molecule has 2 fully saturated rings. The van der Waals surface area contributed by atoms with Crippen LogP contribution in [0, 0.1) is 59.5 Å². The van der Waals surface area contributed by atoms with Crippen LogP contribution in [0.5, 0.6) is 0 Å². The number of aromatic nitrogens is 2. The summed E-state index contributed by atoms with van der Waals surface area (Å²) in [5.41, 5.74) is 0.621. The number of nitriles is 2. The maximum atomic E-state index is 13.2. The Labute approximate surface area is 263 Å². The number of Topliss-reactive ketones (excluding diaryl/α,β-unsaturated/α-hetero) is 4. The van der Waals surface area contributed by atoms with Crippen molar-refractivity contribution in [3.05, 3.63) is 68.1 Å². The molecule has 4 aliphatic carbocycles. The molecular weight excluding hydrogens is 611 g/mol. The fraction of sp³-hybridized carbons (Fsp3) is 0.281. The normalized spacial score (nSPS) is 23.8. The number of thiazole rings is 2. The number of hydrogen-bond donors (Lipinski definition) is 0. The molecule has 0 N–H and O–H groups in total. The van der Waals surface area contributed by atoms with Crippen LogP contribution < -0.4 is 0 Å². The second kappa shape index (κ2) is 9.77. The van der Waals surface area contributed by atoms with Crippen LogP contribution >= 0.6 is 22.7 Å². The van der Waals surface area contributed by atoms with Gasteiger partial charge in [-0.2, -0.15) is 10.5 Å². The molecule has 4 aliphatic rings. The van der Waals surface area contributed by atoms with Gasteiger partial charge >= 0.3 is 0 Å². The van der Waals surface area contributed by atoms with Crippen LogP contribution in [0.1, 0.15) is 63.8 Å². The van der Waals surface area contributed by atoms with Crippen LogP contribution in [0.2, 0.25) is 0 Å². The van der Waals surface area contributed by atoms with Crippen molar-refractivity contribution >= 4 is 74.1 Å². The lowest BCUT2D eigenvalue weighted by molar-refractivity contribution is -0.121. The van der Waals surface area contributed by atoms with Gasteiger partial charge in [0.2, 0.25) is 5.13 Å². The molecule has 1 aromatic carbocycles. The molecule has 0 aliphatic heterocycles. The van der Waals surface area contributed by atoms with Gasteiger partial charge in [-0.3, -0.25) is 28.9 Å². The molecule has 11 nitrogen and oxygen atoms in total. The fourth-order valence-electron chi connectivity index (χ4n) is 6.55. The Morgan fingerprint density at radius 2 is 1.40 bits per heavy atom. The molecule has 3 aromatic rings. The Bertz CT molecular complexity index is 2110. The smallest absolute Gasteiger partial charge is 0.210 e. The second-order valence-electron chi connectivity index (χ2n) is 11.7. The number of allylic oxidation sites excluding steroid dienone is 1. The largest absolute Gasteiger partial charge is 0.292 e. The highest BCUT2D eigenvalue weighted by molar-refractivity contribution is 7.24. The highest BCUT2D eigenvalue weighted by atomic mass is 32.1. The number of carbonyl (C=O) groups is 4. The van der Waals surface area contributed by atoms with E-state index in [1.807, 2.05) is 13.8 Å². The van der Waals surface area contributed by atoms with Gasteiger partial charge in [0.05, 0.1) is 69.2 Å². The van der Waals surface area contributed by atoms with Crippen molar-refractivity contribution in [2.24, 2.45) is 28.7 Å². The lowest BCUT2D eigenvalue weighted by Gasteiger charge is -2.29. The number of carbonyl (C=O) groups excluding carboxylic acids is 4. The molecule has 0 spiro atoms. The van der Waals surface area contributed by atoms with E-state index in [0.717, 1.165) is 9.75 Å². The zero-order valence-corrected chi connectivity index (χ0v) is 25.2. The molecule has 4 atom stereocenters. The monoisotopic (exact) mass is 627 g/mol. The summed E-state index contributed by atoms with van der Waals surface area (Å²) < 4.78 is 0. The van der Waals surface area contributed by atoms with Gasteiger partial charge < -0.3 is 0 Å². The molecule has 45 heavy (non-hydrogen) atoms. The number of ketones is 4. The van der Waals surface area contributed by atoms with Gasteiger partial charge in [-0.25, -0.2) is 15.0 Å². The second-order valence-corrected chi connectivity index (χ2v) is 13.7. The summed E-state index contributed by atoms with van der Waals surface area (Å²) in [6, 6.07) is 6.77. The minimum Gasteiger partial charge on any atom is -0.292 e. The number of fused-ring (bicyclic) bond motifs is 5. The SMILES string of the molecule is [C-]#[N+]c1cc2c(cc1[N+]#[C-])C(=O)C(=Cc1nc3c(s1)-c1sc(N=C4C(=O)C5CC(C#N)C(C#N)CC5C4=O)nc1C3(C)C)C2=O. The van der Waals surface area contributed by atoms with Crippen LogP contribution in [0.3, 0.4) is 0 Å². The molecule has 7 rings (SSSR count). The molecule has 2 aromatic heterocycles. The first-order valence-corrected chi connectivity index (χ1v) is 15.4. The molecule has 4 unspecified atom stereocenters. The number of aliphatic imine (C=N–C) groups is 1. The van der Waals surface area contributed by atoms with Crippen molar-refractivity contribution in [1.29, 1.82) is 10.5 Å². The molecule has 0 saturated heterocycles. The number of rotatable bonds is 2. The third-order valence-corrected chi connectivity index (χ3v) is 11.0. The van der Waals surface area contributed by atoms with Gasteiger partial charge in [0.25, 0.3) is 0 Å². The minimum absolute atomic E-state index is 0.00993. The molecule has 13 heteroatoms. The molecule has 2 heterocycles. The van der Waals surface area contributed by atoms with Crippen molar-refractivity contribution in [2.45, 2.75) is 32.1 Å². The van der Waals surface area contributed by atoms with Crippen molar-refractivity contribution in [1.82, 2.24) is 9.97 Å². The minimum atomic E-state index is -0.674. The van der Waals surface area contributed by atoms with Gasteiger partial charge in [0, 0.05) is 23.0 Å². The van der Waals surface area contributed by atoms with Crippen LogP contribution in [0.4, 0.5) is 16.5 Å². The van der Waals surface area contributed by atoms with Gasteiger partial charge in [0.1, 0.15) is 5.01 Å². The van der Waals surface area contributed by atoms with E-state index in [1.165, 1.54) is 40.9 Å². The summed E-state index contributed by atoms with van der Waals surface area (Å²) in [6.45, 7) is 18.4. The lowest BCUT2D eigenvalue weighted by Crippen LogP contribution is -2.32. The number of nitrogens with zero attached hydrogens (tertiary/aromatic N) is 7. The fourth-order valence-corrected chi connectivity index (χ4v) is 8.95. The average Bonchev–Trinajstić information content (AvgIpc) is 3.80. The summed E-state index contributed by atoms with van der Waals surface area (Å²) in [5, 5.41) is 19.6. The summed E-state index contributed by atoms with van der Waals surface area (Å²) in [5.74, 6) is -4.43. The first-order chi connectivity index (χ1) is 21.5. The zero-order valence-electron chi connectivity index (χ0n) is 23.5. The van der Waals surface area contributed by atoms with E-state index in [0.29, 0.717) is 16.4 Å². The summed E-state index contributed by atoms with van der Waals surface area (Å²) >= 11 is 2.48. The molecule has 0 radical (unpaired) electrons. The van der Waals surface area contributed by atoms with Crippen LogP contribution in [-0.2, 0) is 15.0 Å². The van der Waals surface area contributed by atoms with E-state index in [1.54, 1.807) is 0 Å². The average molecular weight is 628 g/mol. The molecule has 0 bridgehead atoms. The standard InChI is InChI=1S/C32H17N7O4S2/c1-32(2)29-27(44-21(37-29)9-18-23(40)16-7-19(35-3)20(36-4)8-17(16)24(18)41)28-30(32)39-31(45-28)38-22-25(42)14-5-12(10-33)13(11-34)6-15(14)26(22)43/h7-9,12-15H,5-6H2,1-2H3. The van der Waals surface area contributed by atoms with Crippen molar-refractivity contribution in [3.63, 3.8) is 0 Å². The summed E-state index contributed by atoms with van der Waals surface area (Å²) in [4.78, 5) is 74.7. The van der Waals surface area contributed by atoms with E-state index >= 15 is 0 Å². The molecule has 216 valence electrons. The van der Waals surface area contributed by atoms with Gasteiger partial charge in [0.15, 0.2) is 40.2 Å².